The molecule has 0 saturated heterocycles. The summed E-state index contributed by atoms with van der Waals surface area (Å²) in [5.74, 6) is -1.05. The first-order chi connectivity index (χ1) is 9.70. The normalized spacial score (nSPS) is 17.1. The first-order valence-corrected chi connectivity index (χ1v) is 9.55. The van der Waals surface area contributed by atoms with Crippen LogP contribution >= 0.6 is 26.6 Å². The molecule has 1 aliphatic rings. The van der Waals surface area contributed by atoms with Crippen molar-refractivity contribution in [1.29, 1.82) is 0 Å². The predicted octanol–water partition coefficient (Wildman–Crippen LogP) is 3.43. The largest absolute Gasteiger partial charge is 0.349 e. The third-order valence-electron chi connectivity index (χ3n) is 3.74. The number of halogens is 3. The van der Waals surface area contributed by atoms with Gasteiger partial charge >= 0.3 is 0 Å². The lowest BCUT2D eigenvalue weighted by molar-refractivity contribution is 0.0905. The molecule has 1 amide bonds. The van der Waals surface area contributed by atoms with Gasteiger partial charge in [0, 0.05) is 21.2 Å². The number of carbonyl (C=O) groups is 1. The second-order valence-corrected chi connectivity index (χ2v) is 8.54. The van der Waals surface area contributed by atoms with Crippen LogP contribution in [0.2, 0.25) is 0 Å². The van der Waals surface area contributed by atoms with Crippen LogP contribution < -0.4 is 5.32 Å². The highest BCUT2D eigenvalue weighted by Gasteiger charge is 2.27. The van der Waals surface area contributed by atoms with E-state index in [1.807, 2.05) is 6.92 Å². The van der Waals surface area contributed by atoms with Gasteiger partial charge in [-0.25, -0.2) is 12.8 Å². The van der Waals surface area contributed by atoms with E-state index >= 15 is 0 Å². The highest BCUT2D eigenvalue weighted by atomic mass is 79.9. The van der Waals surface area contributed by atoms with E-state index in [1.165, 1.54) is 0 Å². The number of hydrogen-bond acceptors (Lipinski definition) is 3. The van der Waals surface area contributed by atoms with Gasteiger partial charge in [0.1, 0.15) is 5.82 Å². The number of benzene rings is 1. The molecule has 0 bridgehead atoms. The molecule has 1 unspecified atom stereocenters. The van der Waals surface area contributed by atoms with Crippen LogP contribution in [0.4, 0.5) is 4.39 Å². The van der Waals surface area contributed by atoms with Gasteiger partial charge in [0.25, 0.3) is 15.0 Å². The van der Waals surface area contributed by atoms with Crippen LogP contribution in [0.3, 0.4) is 0 Å². The Hall–Kier alpha value is -0.660. The Kier molecular flexibility index (Phi) is 4.95. The third kappa shape index (κ3) is 3.76. The van der Waals surface area contributed by atoms with Gasteiger partial charge in [0.15, 0.2) is 0 Å². The molecule has 1 aromatic rings. The van der Waals surface area contributed by atoms with Crippen molar-refractivity contribution in [2.45, 2.75) is 37.1 Å². The van der Waals surface area contributed by atoms with Crippen LogP contribution in [-0.2, 0) is 9.05 Å². The zero-order chi connectivity index (χ0) is 15.8. The van der Waals surface area contributed by atoms with E-state index in [4.69, 9.17) is 10.7 Å². The van der Waals surface area contributed by atoms with Gasteiger partial charge < -0.3 is 5.32 Å². The Balaban J connectivity index is 2.28. The molecular weight excluding hydrogens is 385 g/mol. The Morgan fingerprint density at radius 1 is 1.48 bits per heavy atom. The molecule has 21 heavy (non-hydrogen) atoms. The third-order valence-corrected chi connectivity index (χ3v) is 6.02. The summed E-state index contributed by atoms with van der Waals surface area (Å²) >= 11 is 2.93. The Bertz CT molecular complexity index is 676. The first-order valence-electron chi connectivity index (χ1n) is 6.44. The lowest BCUT2D eigenvalue weighted by Gasteiger charge is -2.31. The number of carbonyl (C=O) groups excluding carboxylic acids is 1. The summed E-state index contributed by atoms with van der Waals surface area (Å²) in [5.41, 5.74) is -0.330. The average molecular weight is 399 g/mol. The van der Waals surface area contributed by atoms with Gasteiger partial charge in [-0.15, -0.1) is 0 Å². The molecule has 1 fully saturated rings. The quantitative estimate of drug-likeness (QED) is 0.790. The zero-order valence-electron chi connectivity index (χ0n) is 11.2. The van der Waals surface area contributed by atoms with Crippen molar-refractivity contribution in [3.63, 3.8) is 0 Å². The fourth-order valence-electron chi connectivity index (χ4n) is 2.23. The van der Waals surface area contributed by atoms with Crippen LogP contribution in [-0.4, -0.2) is 20.4 Å². The second kappa shape index (κ2) is 6.22. The van der Waals surface area contributed by atoms with Crippen molar-refractivity contribution in [3.8, 4) is 0 Å². The van der Waals surface area contributed by atoms with Gasteiger partial charge in [-0.1, -0.05) is 6.42 Å². The summed E-state index contributed by atoms with van der Waals surface area (Å²) in [6.45, 7) is 1.86. The van der Waals surface area contributed by atoms with Gasteiger partial charge in [0.2, 0.25) is 0 Å². The fourth-order valence-corrected chi connectivity index (χ4v) is 4.40. The summed E-state index contributed by atoms with van der Waals surface area (Å²) in [5, 5.41) is 2.70. The van der Waals surface area contributed by atoms with Crippen molar-refractivity contribution >= 4 is 41.6 Å². The Labute approximate surface area is 135 Å². The molecule has 0 aliphatic heterocycles. The van der Waals surface area contributed by atoms with Crippen molar-refractivity contribution in [2.24, 2.45) is 5.92 Å². The highest BCUT2D eigenvalue weighted by Crippen LogP contribution is 2.30. The second-order valence-electron chi connectivity index (χ2n) is 5.15. The molecule has 0 spiro atoms. The van der Waals surface area contributed by atoms with E-state index in [0.717, 1.165) is 31.4 Å². The Morgan fingerprint density at radius 2 is 2.10 bits per heavy atom. The van der Waals surface area contributed by atoms with Crippen LogP contribution in [0.25, 0.3) is 0 Å². The number of amides is 1. The van der Waals surface area contributed by atoms with Crippen LogP contribution in [0.15, 0.2) is 21.5 Å². The van der Waals surface area contributed by atoms with E-state index in [1.54, 1.807) is 0 Å². The first kappa shape index (κ1) is 16.7. The summed E-state index contributed by atoms with van der Waals surface area (Å²) in [6.07, 6.45) is 3.20. The average Bonchev–Trinajstić information content (AvgIpc) is 2.23. The minimum Gasteiger partial charge on any atom is -0.349 e. The Morgan fingerprint density at radius 3 is 2.57 bits per heavy atom. The van der Waals surface area contributed by atoms with Crippen LogP contribution in [0.5, 0.6) is 0 Å². The zero-order valence-corrected chi connectivity index (χ0v) is 14.4. The maximum absolute atomic E-state index is 13.9. The van der Waals surface area contributed by atoms with Crippen molar-refractivity contribution in [3.05, 3.63) is 28.0 Å². The van der Waals surface area contributed by atoms with E-state index in [9.17, 15) is 17.6 Å². The molecule has 0 aromatic heterocycles. The molecule has 2 rings (SSSR count). The van der Waals surface area contributed by atoms with E-state index in [0.29, 0.717) is 5.92 Å². The van der Waals surface area contributed by atoms with Crippen molar-refractivity contribution in [1.82, 2.24) is 5.32 Å². The number of hydrogen-bond donors (Lipinski definition) is 1. The molecule has 1 aromatic carbocycles. The molecule has 1 N–H and O–H groups in total. The van der Waals surface area contributed by atoms with Crippen molar-refractivity contribution < 1.29 is 17.6 Å². The van der Waals surface area contributed by atoms with Crippen LogP contribution in [0, 0.1) is 11.7 Å². The summed E-state index contributed by atoms with van der Waals surface area (Å²) in [6, 6.07) is 1.80. The lowest BCUT2D eigenvalue weighted by Crippen LogP contribution is -2.41. The van der Waals surface area contributed by atoms with Crippen molar-refractivity contribution in [2.75, 3.05) is 0 Å². The van der Waals surface area contributed by atoms with E-state index in [2.05, 4.69) is 21.2 Å². The van der Waals surface area contributed by atoms with E-state index < -0.39 is 20.8 Å². The number of rotatable bonds is 4. The molecule has 0 radical (unpaired) electrons. The van der Waals surface area contributed by atoms with Gasteiger partial charge in [0.05, 0.1) is 10.5 Å². The van der Waals surface area contributed by atoms with Gasteiger partial charge in [-0.2, -0.15) is 0 Å². The van der Waals surface area contributed by atoms with Gasteiger partial charge in [-0.3, -0.25) is 4.79 Å². The molecule has 1 atom stereocenters. The maximum Gasteiger partial charge on any atom is 0.262 e. The molecule has 1 aliphatic carbocycles. The molecule has 116 valence electrons. The predicted molar refractivity (Wildman–Crippen MR) is 81.4 cm³/mol. The molecule has 8 heteroatoms. The minimum atomic E-state index is -4.07. The van der Waals surface area contributed by atoms with Gasteiger partial charge in [-0.05, 0) is 53.7 Å². The molecular formula is C13H14BrClFNO3S. The monoisotopic (exact) mass is 397 g/mol. The summed E-state index contributed by atoms with van der Waals surface area (Å²) < 4.78 is 36.7. The minimum absolute atomic E-state index is 0.0152. The fraction of sp³-hybridized carbons (Fsp3) is 0.462. The smallest absolute Gasteiger partial charge is 0.262 e. The highest BCUT2D eigenvalue weighted by molar-refractivity contribution is 9.10. The molecule has 1 saturated carbocycles. The van der Waals surface area contributed by atoms with E-state index in [-0.39, 0.29) is 21.0 Å². The summed E-state index contributed by atoms with van der Waals surface area (Å²) in [7, 11) is 1.20. The molecule has 0 heterocycles. The summed E-state index contributed by atoms with van der Waals surface area (Å²) in [4.78, 5) is 11.8. The van der Waals surface area contributed by atoms with Crippen LogP contribution in [0.1, 0.15) is 36.5 Å². The standard InChI is InChI=1S/C13H14BrClFNO3S/c1-7(8-3-2-4-8)17-13(18)9-5-12(21(15,19)20)10(14)6-11(9)16/h5-8H,2-4H2,1H3,(H,17,18). The maximum atomic E-state index is 13.9. The number of nitrogens with one attached hydrogen (secondary N) is 1. The topological polar surface area (TPSA) is 63.2 Å². The SMILES string of the molecule is CC(NC(=O)c1cc(S(=O)(=O)Cl)c(Br)cc1F)C1CCC1. The molecule has 4 nitrogen and oxygen atoms in total. The lowest BCUT2D eigenvalue weighted by atomic mass is 9.80.